The molecule has 0 aliphatic carbocycles. The number of amides is 2. The third kappa shape index (κ3) is 5.35. The summed E-state index contributed by atoms with van der Waals surface area (Å²) in [6, 6.07) is 11.5. The van der Waals surface area contributed by atoms with Gasteiger partial charge in [0.15, 0.2) is 6.61 Å². The Morgan fingerprint density at radius 2 is 1.78 bits per heavy atom. The van der Waals surface area contributed by atoms with E-state index in [4.69, 9.17) is 32.7 Å². The number of hydrogen-bond donors (Lipinski definition) is 1. The van der Waals surface area contributed by atoms with E-state index >= 15 is 0 Å². The fourth-order valence-corrected chi connectivity index (χ4v) is 3.04. The van der Waals surface area contributed by atoms with Crippen LogP contribution in [0.3, 0.4) is 0 Å². The molecule has 0 bridgehead atoms. The molecule has 1 N–H and O–H groups in total. The summed E-state index contributed by atoms with van der Waals surface area (Å²) in [7, 11) is 0. The van der Waals surface area contributed by atoms with Gasteiger partial charge in [0.25, 0.3) is 11.8 Å². The molecule has 142 valence electrons. The molecule has 1 fully saturated rings. The topological polar surface area (TPSA) is 67.9 Å². The molecule has 1 aliphatic heterocycles. The molecule has 6 nitrogen and oxygen atoms in total. The molecular formula is C19H18Cl2N2O4. The smallest absolute Gasteiger partial charge is 0.262 e. The van der Waals surface area contributed by atoms with E-state index in [0.29, 0.717) is 53.3 Å². The van der Waals surface area contributed by atoms with Crippen LogP contribution in [-0.2, 0) is 9.53 Å². The van der Waals surface area contributed by atoms with Gasteiger partial charge in [-0.15, -0.1) is 0 Å². The van der Waals surface area contributed by atoms with Crippen LogP contribution < -0.4 is 10.1 Å². The second kappa shape index (κ2) is 9.08. The van der Waals surface area contributed by atoms with Gasteiger partial charge in [0, 0.05) is 29.4 Å². The van der Waals surface area contributed by atoms with Gasteiger partial charge < -0.3 is 19.7 Å². The Labute approximate surface area is 167 Å². The Balaban J connectivity index is 1.52. The van der Waals surface area contributed by atoms with Gasteiger partial charge in [-0.2, -0.15) is 0 Å². The number of benzene rings is 2. The third-order valence-electron chi connectivity index (χ3n) is 3.97. The largest absolute Gasteiger partial charge is 0.482 e. The lowest BCUT2D eigenvalue weighted by Gasteiger charge is -2.26. The van der Waals surface area contributed by atoms with Crippen molar-refractivity contribution in [1.29, 1.82) is 0 Å². The highest BCUT2D eigenvalue weighted by Gasteiger charge is 2.18. The van der Waals surface area contributed by atoms with E-state index in [1.165, 1.54) is 0 Å². The van der Waals surface area contributed by atoms with Crippen LogP contribution in [0.25, 0.3) is 0 Å². The lowest BCUT2D eigenvalue weighted by atomic mass is 10.1. The van der Waals surface area contributed by atoms with Crippen molar-refractivity contribution in [3.05, 3.63) is 58.1 Å². The van der Waals surface area contributed by atoms with Crippen molar-refractivity contribution >= 4 is 40.7 Å². The highest BCUT2D eigenvalue weighted by molar-refractivity contribution is 6.35. The summed E-state index contributed by atoms with van der Waals surface area (Å²) < 4.78 is 10.6. The molecule has 0 atom stereocenters. The van der Waals surface area contributed by atoms with Crippen LogP contribution in [0.5, 0.6) is 5.75 Å². The molecule has 2 aromatic carbocycles. The first-order valence-corrected chi connectivity index (χ1v) is 9.13. The fourth-order valence-electron chi connectivity index (χ4n) is 2.58. The minimum Gasteiger partial charge on any atom is -0.482 e. The minimum absolute atomic E-state index is 0.0445. The van der Waals surface area contributed by atoms with Crippen LogP contribution in [-0.4, -0.2) is 49.6 Å². The van der Waals surface area contributed by atoms with Crippen molar-refractivity contribution in [3.8, 4) is 5.75 Å². The van der Waals surface area contributed by atoms with E-state index in [1.54, 1.807) is 47.4 Å². The quantitative estimate of drug-likeness (QED) is 0.821. The lowest BCUT2D eigenvalue weighted by Crippen LogP contribution is -2.40. The SMILES string of the molecule is O=C(COc1ccc(Cl)cc1Cl)Nc1ccc(C(=O)N2CCOCC2)cc1. The number of halogens is 2. The number of ether oxygens (including phenoxy) is 2. The van der Waals surface area contributed by atoms with E-state index in [1.807, 2.05) is 0 Å². The van der Waals surface area contributed by atoms with Crippen molar-refractivity contribution in [2.45, 2.75) is 0 Å². The third-order valence-corrected chi connectivity index (χ3v) is 4.50. The van der Waals surface area contributed by atoms with Crippen LogP contribution in [0, 0.1) is 0 Å². The van der Waals surface area contributed by atoms with E-state index < -0.39 is 0 Å². The second-order valence-electron chi connectivity index (χ2n) is 5.89. The Kier molecular flexibility index (Phi) is 6.55. The second-order valence-corrected chi connectivity index (χ2v) is 6.74. The maximum Gasteiger partial charge on any atom is 0.262 e. The molecule has 0 unspecified atom stereocenters. The summed E-state index contributed by atoms with van der Waals surface area (Å²) in [5.41, 5.74) is 1.14. The number of rotatable bonds is 5. The monoisotopic (exact) mass is 408 g/mol. The van der Waals surface area contributed by atoms with Crippen LogP contribution in [0.2, 0.25) is 10.0 Å². The number of carbonyl (C=O) groups is 2. The molecule has 8 heteroatoms. The van der Waals surface area contributed by atoms with Crippen molar-refractivity contribution < 1.29 is 19.1 Å². The van der Waals surface area contributed by atoms with Crippen molar-refractivity contribution in [1.82, 2.24) is 4.90 Å². The average molecular weight is 409 g/mol. The van der Waals surface area contributed by atoms with Crippen LogP contribution in [0.15, 0.2) is 42.5 Å². The number of hydrogen-bond acceptors (Lipinski definition) is 4. The van der Waals surface area contributed by atoms with Crippen LogP contribution in [0.1, 0.15) is 10.4 Å². The van der Waals surface area contributed by atoms with Gasteiger partial charge >= 0.3 is 0 Å². The summed E-state index contributed by atoms with van der Waals surface area (Å²) in [6.07, 6.45) is 0. The standard InChI is InChI=1S/C19H18Cl2N2O4/c20-14-3-6-17(16(21)11-14)27-12-18(24)22-15-4-1-13(2-5-15)19(25)23-7-9-26-10-8-23/h1-6,11H,7-10,12H2,(H,22,24). The summed E-state index contributed by atoms with van der Waals surface area (Å²) in [5.74, 6) is -0.00663. The average Bonchev–Trinajstić information content (AvgIpc) is 2.68. The van der Waals surface area contributed by atoms with Gasteiger partial charge in [-0.05, 0) is 42.5 Å². The maximum absolute atomic E-state index is 12.4. The van der Waals surface area contributed by atoms with Gasteiger partial charge in [-0.25, -0.2) is 0 Å². The van der Waals surface area contributed by atoms with E-state index in [2.05, 4.69) is 5.32 Å². The predicted molar refractivity (Wildman–Crippen MR) is 104 cm³/mol. The molecule has 0 spiro atoms. The van der Waals surface area contributed by atoms with Crippen LogP contribution in [0.4, 0.5) is 5.69 Å². The Morgan fingerprint density at radius 1 is 1.07 bits per heavy atom. The van der Waals surface area contributed by atoms with E-state index in [0.717, 1.165) is 0 Å². The molecule has 0 aromatic heterocycles. The fraction of sp³-hybridized carbons (Fsp3) is 0.263. The Morgan fingerprint density at radius 3 is 2.44 bits per heavy atom. The molecule has 1 saturated heterocycles. The molecule has 2 aromatic rings. The number of nitrogens with zero attached hydrogens (tertiary/aromatic N) is 1. The van der Waals surface area contributed by atoms with Crippen molar-refractivity contribution in [3.63, 3.8) is 0 Å². The maximum atomic E-state index is 12.4. The zero-order valence-electron chi connectivity index (χ0n) is 14.4. The predicted octanol–water partition coefficient (Wildman–Crippen LogP) is 3.48. The molecule has 0 saturated carbocycles. The van der Waals surface area contributed by atoms with E-state index in [-0.39, 0.29) is 18.4 Å². The number of carbonyl (C=O) groups excluding carboxylic acids is 2. The molecule has 2 amide bonds. The van der Waals surface area contributed by atoms with Crippen molar-refractivity contribution in [2.75, 3.05) is 38.2 Å². The zero-order valence-corrected chi connectivity index (χ0v) is 15.9. The number of anilines is 1. The van der Waals surface area contributed by atoms with Gasteiger partial charge in [0.05, 0.1) is 18.2 Å². The highest BCUT2D eigenvalue weighted by atomic mass is 35.5. The Bertz CT molecular complexity index is 821. The minimum atomic E-state index is -0.340. The number of morpholine rings is 1. The molecule has 27 heavy (non-hydrogen) atoms. The molecular weight excluding hydrogens is 391 g/mol. The summed E-state index contributed by atoms with van der Waals surface area (Å²) in [4.78, 5) is 26.2. The molecule has 1 heterocycles. The van der Waals surface area contributed by atoms with Gasteiger partial charge in [0.2, 0.25) is 0 Å². The normalized spacial score (nSPS) is 13.9. The molecule has 0 radical (unpaired) electrons. The molecule has 1 aliphatic rings. The van der Waals surface area contributed by atoms with E-state index in [9.17, 15) is 9.59 Å². The van der Waals surface area contributed by atoms with Gasteiger partial charge in [-0.3, -0.25) is 9.59 Å². The Hall–Kier alpha value is -2.28. The van der Waals surface area contributed by atoms with Crippen molar-refractivity contribution in [2.24, 2.45) is 0 Å². The first-order chi connectivity index (χ1) is 13.0. The summed E-state index contributed by atoms with van der Waals surface area (Å²) >= 11 is 11.8. The zero-order chi connectivity index (χ0) is 19.2. The van der Waals surface area contributed by atoms with Gasteiger partial charge in [0.1, 0.15) is 5.75 Å². The van der Waals surface area contributed by atoms with Gasteiger partial charge in [-0.1, -0.05) is 23.2 Å². The first-order valence-electron chi connectivity index (χ1n) is 8.38. The van der Waals surface area contributed by atoms with Crippen LogP contribution >= 0.6 is 23.2 Å². The summed E-state index contributed by atoms with van der Waals surface area (Å²) in [5, 5.41) is 3.53. The lowest BCUT2D eigenvalue weighted by molar-refractivity contribution is -0.118. The highest BCUT2D eigenvalue weighted by Crippen LogP contribution is 2.27. The number of nitrogens with one attached hydrogen (secondary N) is 1. The first kappa shape index (κ1) is 19.5. The molecule has 3 rings (SSSR count). The summed E-state index contributed by atoms with van der Waals surface area (Å²) in [6.45, 7) is 2.08.